The van der Waals surface area contributed by atoms with Crippen molar-refractivity contribution in [3.63, 3.8) is 0 Å². The molecular formula is C15H21ClNO3. The van der Waals surface area contributed by atoms with Crippen molar-refractivity contribution in [1.29, 1.82) is 0 Å². The Balaban J connectivity index is 2.24. The first-order valence-electron chi connectivity index (χ1n) is 6.55. The Kier molecular flexibility index (Phi) is 6.30. The van der Waals surface area contributed by atoms with Crippen molar-refractivity contribution in [2.45, 2.75) is 45.6 Å². The predicted molar refractivity (Wildman–Crippen MR) is 78.9 cm³/mol. The lowest BCUT2D eigenvalue weighted by molar-refractivity contribution is 0.0473. The van der Waals surface area contributed by atoms with Gasteiger partial charge in [-0.25, -0.2) is 4.79 Å². The largest absolute Gasteiger partial charge is 0.444 e. The molecule has 0 aliphatic carbocycles. The van der Waals surface area contributed by atoms with Crippen LogP contribution >= 0.6 is 11.6 Å². The molecule has 0 aliphatic rings. The third-order valence-corrected chi connectivity index (χ3v) is 2.69. The number of aliphatic hydroxyl groups excluding tert-OH is 1. The quantitative estimate of drug-likeness (QED) is 0.862. The van der Waals surface area contributed by atoms with E-state index in [2.05, 4.69) is 5.32 Å². The molecule has 0 aliphatic heterocycles. The fourth-order valence-electron chi connectivity index (χ4n) is 1.59. The van der Waals surface area contributed by atoms with E-state index in [0.29, 0.717) is 11.4 Å². The topological polar surface area (TPSA) is 58.6 Å². The number of hydrogen-bond donors (Lipinski definition) is 2. The third kappa shape index (κ3) is 7.36. The molecule has 0 heterocycles. The van der Waals surface area contributed by atoms with Crippen LogP contribution in [0.4, 0.5) is 4.79 Å². The smallest absolute Gasteiger partial charge is 0.410 e. The zero-order chi connectivity index (χ0) is 15.2. The molecule has 5 heteroatoms. The van der Waals surface area contributed by atoms with Crippen LogP contribution < -0.4 is 5.32 Å². The van der Waals surface area contributed by atoms with Crippen LogP contribution in [0.2, 0.25) is 5.02 Å². The summed E-state index contributed by atoms with van der Waals surface area (Å²) in [5.74, 6) is 0. The number of amides is 1. The summed E-state index contributed by atoms with van der Waals surface area (Å²) >= 11 is 5.80. The van der Waals surface area contributed by atoms with E-state index in [9.17, 15) is 9.90 Å². The molecule has 1 aromatic rings. The summed E-state index contributed by atoms with van der Waals surface area (Å²) in [6.45, 7) is 5.30. The molecule has 0 saturated carbocycles. The molecular weight excluding hydrogens is 278 g/mol. The highest BCUT2D eigenvalue weighted by atomic mass is 35.5. The van der Waals surface area contributed by atoms with Crippen LogP contribution in [-0.2, 0) is 11.2 Å². The second kappa shape index (κ2) is 7.50. The maximum Gasteiger partial charge on any atom is 0.410 e. The molecule has 0 fully saturated rings. The lowest BCUT2D eigenvalue weighted by Gasteiger charge is -2.20. The highest BCUT2D eigenvalue weighted by Crippen LogP contribution is 2.13. The SMILES string of the molecule is CC(C)(C)OC(=O)N[C](O)CCCc1ccc(Cl)cc1. The Morgan fingerprint density at radius 1 is 1.30 bits per heavy atom. The molecule has 0 atom stereocenters. The van der Waals surface area contributed by atoms with Gasteiger partial charge in [0.25, 0.3) is 0 Å². The van der Waals surface area contributed by atoms with Gasteiger partial charge in [-0.1, -0.05) is 23.7 Å². The average Bonchev–Trinajstić information content (AvgIpc) is 2.29. The van der Waals surface area contributed by atoms with Crippen LogP contribution in [0.15, 0.2) is 24.3 Å². The minimum absolute atomic E-state index is 0.0757. The minimum atomic E-state index is -0.638. The van der Waals surface area contributed by atoms with E-state index in [0.717, 1.165) is 18.4 Å². The number of halogens is 1. The molecule has 0 spiro atoms. The van der Waals surface area contributed by atoms with Crippen molar-refractivity contribution in [2.75, 3.05) is 0 Å². The summed E-state index contributed by atoms with van der Waals surface area (Å²) in [4.78, 5) is 11.4. The van der Waals surface area contributed by atoms with Gasteiger partial charge in [-0.2, -0.15) is 0 Å². The zero-order valence-electron chi connectivity index (χ0n) is 12.1. The van der Waals surface area contributed by atoms with Crippen molar-refractivity contribution >= 4 is 17.7 Å². The molecule has 4 nitrogen and oxygen atoms in total. The van der Waals surface area contributed by atoms with Gasteiger partial charge in [-0.3, -0.25) is 5.32 Å². The van der Waals surface area contributed by atoms with Crippen LogP contribution in [0, 0.1) is 6.23 Å². The van der Waals surface area contributed by atoms with Gasteiger partial charge < -0.3 is 9.84 Å². The van der Waals surface area contributed by atoms with Gasteiger partial charge in [0.1, 0.15) is 5.60 Å². The third-order valence-electron chi connectivity index (χ3n) is 2.44. The summed E-state index contributed by atoms with van der Waals surface area (Å²) in [6, 6.07) is 7.56. The Bertz CT molecular complexity index is 426. The number of hydrogen-bond acceptors (Lipinski definition) is 3. The van der Waals surface area contributed by atoms with Crippen molar-refractivity contribution in [2.24, 2.45) is 0 Å². The molecule has 0 aromatic heterocycles. The van der Waals surface area contributed by atoms with Crippen molar-refractivity contribution in [3.8, 4) is 0 Å². The summed E-state index contributed by atoms with van der Waals surface area (Å²) in [7, 11) is 0. The van der Waals surface area contributed by atoms with Crippen molar-refractivity contribution < 1.29 is 14.6 Å². The lowest BCUT2D eigenvalue weighted by atomic mass is 10.1. The van der Waals surface area contributed by atoms with Crippen molar-refractivity contribution in [1.82, 2.24) is 5.32 Å². The number of carbonyl (C=O) groups excluding carboxylic acids is 1. The summed E-state index contributed by atoms with van der Waals surface area (Å²) in [6.07, 6.45) is 1.21. The standard InChI is InChI=1S/C15H21ClNO3/c1-15(2,3)20-14(19)17-13(18)6-4-5-11-7-9-12(16)10-8-11/h7-10,18H,4-6H2,1-3H3,(H,17,19). The van der Waals surface area contributed by atoms with Gasteiger partial charge in [0.15, 0.2) is 6.23 Å². The molecule has 111 valence electrons. The van der Waals surface area contributed by atoms with E-state index in [1.807, 2.05) is 24.3 Å². The van der Waals surface area contributed by atoms with E-state index >= 15 is 0 Å². The first-order chi connectivity index (χ1) is 9.26. The fourth-order valence-corrected chi connectivity index (χ4v) is 1.72. The number of ether oxygens (including phenoxy) is 1. The summed E-state index contributed by atoms with van der Waals surface area (Å²) < 4.78 is 5.04. The summed E-state index contributed by atoms with van der Waals surface area (Å²) in [5, 5.41) is 12.6. The number of nitrogens with one attached hydrogen (secondary N) is 1. The van der Waals surface area contributed by atoms with Crippen LogP contribution in [0.3, 0.4) is 0 Å². The second-order valence-electron chi connectivity index (χ2n) is 5.55. The Hall–Kier alpha value is -1.26. The number of alkyl carbamates (subject to hydrolysis) is 1. The highest BCUT2D eigenvalue weighted by molar-refractivity contribution is 6.30. The lowest BCUT2D eigenvalue weighted by Crippen LogP contribution is -2.34. The maximum atomic E-state index is 11.4. The molecule has 20 heavy (non-hydrogen) atoms. The highest BCUT2D eigenvalue weighted by Gasteiger charge is 2.18. The number of carbonyl (C=O) groups is 1. The molecule has 1 aromatic carbocycles. The average molecular weight is 299 g/mol. The fraction of sp³-hybridized carbons (Fsp3) is 0.467. The first-order valence-corrected chi connectivity index (χ1v) is 6.93. The van der Waals surface area contributed by atoms with E-state index < -0.39 is 11.7 Å². The molecule has 0 bridgehead atoms. The van der Waals surface area contributed by atoms with Crippen LogP contribution in [0.1, 0.15) is 39.2 Å². The monoisotopic (exact) mass is 298 g/mol. The van der Waals surface area contributed by atoms with Gasteiger partial charge in [0.05, 0.1) is 0 Å². The van der Waals surface area contributed by atoms with Crippen molar-refractivity contribution in [3.05, 3.63) is 41.1 Å². The van der Waals surface area contributed by atoms with Gasteiger partial charge in [-0.05, 0) is 51.3 Å². The second-order valence-corrected chi connectivity index (χ2v) is 5.99. The van der Waals surface area contributed by atoms with Gasteiger partial charge in [0, 0.05) is 11.4 Å². The molecule has 1 amide bonds. The molecule has 1 rings (SSSR count). The van der Waals surface area contributed by atoms with Crippen LogP contribution in [-0.4, -0.2) is 16.8 Å². The zero-order valence-corrected chi connectivity index (χ0v) is 12.8. The van der Waals surface area contributed by atoms with Gasteiger partial charge in [-0.15, -0.1) is 0 Å². The Labute approximate surface area is 125 Å². The summed E-state index contributed by atoms with van der Waals surface area (Å²) in [5.41, 5.74) is 0.563. The van der Waals surface area contributed by atoms with Gasteiger partial charge in [0.2, 0.25) is 0 Å². The Morgan fingerprint density at radius 3 is 2.45 bits per heavy atom. The van der Waals surface area contributed by atoms with E-state index in [1.54, 1.807) is 20.8 Å². The number of rotatable bonds is 5. The number of aliphatic hydroxyl groups is 1. The molecule has 0 saturated heterocycles. The minimum Gasteiger partial charge on any atom is -0.444 e. The normalized spacial score (nSPS) is 11.5. The molecule has 1 radical (unpaired) electrons. The van der Waals surface area contributed by atoms with Crippen LogP contribution in [0.5, 0.6) is 0 Å². The Morgan fingerprint density at radius 2 is 1.90 bits per heavy atom. The van der Waals surface area contributed by atoms with Crippen LogP contribution in [0.25, 0.3) is 0 Å². The number of aryl methyl sites for hydroxylation is 1. The van der Waals surface area contributed by atoms with E-state index in [1.165, 1.54) is 0 Å². The predicted octanol–water partition coefficient (Wildman–Crippen LogP) is 4.05. The van der Waals surface area contributed by atoms with Gasteiger partial charge >= 0.3 is 6.09 Å². The van der Waals surface area contributed by atoms with E-state index in [-0.39, 0.29) is 6.23 Å². The number of benzene rings is 1. The molecule has 2 N–H and O–H groups in total. The first kappa shape index (κ1) is 16.8. The molecule has 0 unspecified atom stereocenters. The maximum absolute atomic E-state index is 11.4. The van der Waals surface area contributed by atoms with E-state index in [4.69, 9.17) is 16.3 Å².